The maximum Gasteiger partial charge on any atom is 0.129 e. The Kier molecular flexibility index (Phi) is 4.86. The molecule has 2 aromatic carbocycles. The monoisotopic (exact) mass is 339 g/mol. The number of hydrogen-bond donors (Lipinski definition) is 2. The van der Waals surface area contributed by atoms with E-state index < -0.39 is 0 Å². The Morgan fingerprint density at radius 3 is 2.68 bits per heavy atom. The Morgan fingerprint density at radius 2 is 2.00 bits per heavy atom. The van der Waals surface area contributed by atoms with E-state index in [2.05, 4.69) is 28.2 Å². The molecule has 1 atom stereocenters. The Morgan fingerprint density at radius 1 is 1.26 bits per heavy atom. The number of phenolic OH excluding ortho intramolecular Hbond substituents is 1. The summed E-state index contributed by atoms with van der Waals surface area (Å²) in [6.45, 7) is 2.79. The minimum Gasteiger partial charge on any atom is -0.507 e. The minimum atomic E-state index is 0.168. The van der Waals surface area contributed by atoms with E-state index in [1.165, 1.54) is 0 Å². The maximum atomic E-state index is 9.45. The van der Waals surface area contributed by atoms with Crippen LogP contribution in [0.15, 0.2) is 46.9 Å². The molecule has 2 aromatic rings. The van der Waals surface area contributed by atoms with Gasteiger partial charge in [-0.05, 0) is 52.2 Å². The molecular formula is C15H15BrClNO. The highest BCUT2D eigenvalue weighted by atomic mass is 79.9. The van der Waals surface area contributed by atoms with Crippen LogP contribution in [0, 0.1) is 0 Å². The third-order valence-electron chi connectivity index (χ3n) is 3.00. The van der Waals surface area contributed by atoms with E-state index >= 15 is 0 Å². The molecule has 2 nitrogen and oxygen atoms in total. The van der Waals surface area contributed by atoms with Crippen molar-refractivity contribution in [3.05, 3.63) is 63.1 Å². The van der Waals surface area contributed by atoms with Crippen molar-refractivity contribution in [1.29, 1.82) is 0 Å². The van der Waals surface area contributed by atoms with Crippen molar-refractivity contribution in [3.8, 4) is 5.75 Å². The van der Waals surface area contributed by atoms with E-state index in [9.17, 15) is 5.11 Å². The standard InChI is InChI=1S/C15H15BrClNO/c1-10(12-4-2-3-5-14(12)17)18-9-11-6-7-15(19)13(16)8-11/h2-8,10,18-19H,9H2,1H3/t10-/m0/s1. The molecular weight excluding hydrogens is 326 g/mol. The van der Waals surface area contributed by atoms with Crippen LogP contribution in [0.25, 0.3) is 0 Å². The number of nitrogens with one attached hydrogen (secondary N) is 1. The summed E-state index contributed by atoms with van der Waals surface area (Å²) in [5.41, 5.74) is 2.19. The lowest BCUT2D eigenvalue weighted by Crippen LogP contribution is -2.18. The van der Waals surface area contributed by atoms with Crippen LogP contribution >= 0.6 is 27.5 Å². The van der Waals surface area contributed by atoms with E-state index in [1.54, 1.807) is 6.07 Å². The first kappa shape index (κ1) is 14.4. The number of halogens is 2. The number of aromatic hydroxyl groups is 1. The van der Waals surface area contributed by atoms with Crippen LogP contribution in [0.5, 0.6) is 5.75 Å². The summed E-state index contributed by atoms with van der Waals surface area (Å²) in [6, 6.07) is 13.5. The largest absolute Gasteiger partial charge is 0.507 e. The Bertz CT molecular complexity index is 574. The average Bonchev–Trinajstić information content (AvgIpc) is 2.40. The second kappa shape index (κ2) is 6.42. The average molecular weight is 341 g/mol. The second-order valence-corrected chi connectivity index (χ2v) is 5.67. The molecule has 0 radical (unpaired) electrons. The van der Waals surface area contributed by atoms with Gasteiger partial charge in [-0.2, -0.15) is 0 Å². The molecule has 100 valence electrons. The molecule has 0 spiro atoms. The first-order valence-corrected chi connectivity index (χ1v) is 7.20. The van der Waals surface area contributed by atoms with Crippen LogP contribution in [0.3, 0.4) is 0 Å². The number of benzene rings is 2. The summed E-state index contributed by atoms with van der Waals surface area (Å²) in [5, 5.41) is 13.6. The van der Waals surface area contributed by atoms with Gasteiger partial charge in [-0.1, -0.05) is 35.9 Å². The van der Waals surface area contributed by atoms with Gasteiger partial charge >= 0.3 is 0 Å². The summed E-state index contributed by atoms with van der Waals surface area (Å²) >= 11 is 9.48. The molecule has 4 heteroatoms. The summed E-state index contributed by atoms with van der Waals surface area (Å²) < 4.78 is 0.706. The third kappa shape index (κ3) is 3.72. The van der Waals surface area contributed by atoms with Gasteiger partial charge in [-0.3, -0.25) is 0 Å². The number of phenols is 1. The highest BCUT2D eigenvalue weighted by Crippen LogP contribution is 2.25. The quantitative estimate of drug-likeness (QED) is 0.848. The molecule has 0 saturated carbocycles. The van der Waals surface area contributed by atoms with Gasteiger partial charge in [0, 0.05) is 17.6 Å². The molecule has 0 unspecified atom stereocenters. The molecule has 0 aliphatic rings. The first-order valence-electron chi connectivity index (χ1n) is 6.03. The van der Waals surface area contributed by atoms with Crippen molar-refractivity contribution >= 4 is 27.5 Å². The van der Waals surface area contributed by atoms with Gasteiger partial charge in [0.25, 0.3) is 0 Å². The van der Waals surface area contributed by atoms with Crippen molar-refractivity contribution < 1.29 is 5.11 Å². The van der Waals surface area contributed by atoms with Crippen LogP contribution in [0.4, 0.5) is 0 Å². The van der Waals surface area contributed by atoms with Crippen molar-refractivity contribution in [2.45, 2.75) is 19.5 Å². The molecule has 0 aromatic heterocycles. The fourth-order valence-corrected chi connectivity index (χ4v) is 2.59. The van der Waals surface area contributed by atoms with Crippen molar-refractivity contribution in [3.63, 3.8) is 0 Å². The van der Waals surface area contributed by atoms with E-state index in [0.717, 1.165) is 16.1 Å². The zero-order valence-corrected chi connectivity index (χ0v) is 12.9. The zero-order valence-electron chi connectivity index (χ0n) is 10.5. The van der Waals surface area contributed by atoms with Crippen LogP contribution < -0.4 is 5.32 Å². The van der Waals surface area contributed by atoms with Gasteiger partial charge in [0.15, 0.2) is 0 Å². The third-order valence-corrected chi connectivity index (χ3v) is 3.98. The fraction of sp³-hybridized carbons (Fsp3) is 0.200. The van der Waals surface area contributed by atoms with Gasteiger partial charge in [0.2, 0.25) is 0 Å². The van der Waals surface area contributed by atoms with Crippen LogP contribution in [-0.4, -0.2) is 5.11 Å². The maximum absolute atomic E-state index is 9.45. The lowest BCUT2D eigenvalue weighted by Gasteiger charge is -2.16. The molecule has 2 N–H and O–H groups in total. The van der Waals surface area contributed by atoms with Gasteiger partial charge in [-0.15, -0.1) is 0 Å². The predicted molar refractivity (Wildman–Crippen MR) is 82.5 cm³/mol. The summed E-state index contributed by atoms with van der Waals surface area (Å²) in [6.07, 6.45) is 0. The normalized spacial score (nSPS) is 12.4. The van der Waals surface area contributed by atoms with Crippen molar-refractivity contribution in [1.82, 2.24) is 5.32 Å². The fourth-order valence-electron chi connectivity index (χ4n) is 1.87. The molecule has 0 aliphatic carbocycles. The second-order valence-electron chi connectivity index (χ2n) is 4.41. The van der Waals surface area contributed by atoms with Gasteiger partial charge in [0.1, 0.15) is 5.75 Å². The molecule has 0 saturated heterocycles. The Labute approximate surface area is 126 Å². The molecule has 0 heterocycles. The molecule has 0 fully saturated rings. The smallest absolute Gasteiger partial charge is 0.129 e. The van der Waals surface area contributed by atoms with Crippen LogP contribution in [-0.2, 0) is 6.54 Å². The Balaban J connectivity index is 2.02. The van der Waals surface area contributed by atoms with E-state index in [1.807, 2.05) is 36.4 Å². The van der Waals surface area contributed by atoms with E-state index in [4.69, 9.17) is 11.6 Å². The zero-order chi connectivity index (χ0) is 13.8. The molecule has 0 bridgehead atoms. The van der Waals surface area contributed by atoms with Gasteiger partial charge in [0.05, 0.1) is 4.47 Å². The lowest BCUT2D eigenvalue weighted by atomic mass is 10.1. The van der Waals surface area contributed by atoms with E-state index in [0.29, 0.717) is 11.0 Å². The van der Waals surface area contributed by atoms with Crippen molar-refractivity contribution in [2.24, 2.45) is 0 Å². The highest BCUT2D eigenvalue weighted by molar-refractivity contribution is 9.10. The summed E-state index contributed by atoms with van der Waals surface area (Å²) in [4.78, 5) is 0. The first-order chi connectivity index (χ1) is 9.08. The molecule has 19 heavy (non-hydrogen) atoms. The van der Waals surface area contributed by atoms with Crippen LogP contribution in [0.1, 0.15) is 24.1 Å². The summed E-state index contributed by atoms with van der Waals surface area (Å²) in [5.74, 6) is 0.253. The highest BCUT2D eigenvalue weighted by Gasteiger charge is 2.08. The van der Waals surface area contributed by atoms with Gasteiger partial charge in [-0.25, -0.2) is 0 Å². The lowest BCUT2D eigenvalue weighted by molar-refractivity contribution is 0.471. The predicted octanol–water partition coefficient (Wildman–Crippen LogP) is 4.66. The SMILES string of the molecule is C[C@H](NCc1ccc(O)c(Br)c1)c1ccccc1Cl. The van der Waals surface area contributed by atoms with Crippen molar-refractivity contribution in [2.75, 3.05) is 0 Å². The molecule has 2 rings (SSSR count). The van der Waals surface area contributed by atoms with E-state index in [-0.39, 0.29) is 11.8 Å². The summed E-state index contributed by atoms with van der Waals surface area (Å²) in [7, 11) is 0. The van der Waals surface area contributed by atoms with Crippen LogP contribution in [0.2, 0.25) is 5.02 Å². The Hall–Kier alpha value is -1.03. The minimum absolute atomic E-state index is 0.168. The number of hydrogen-bond acceptors (Lipinski definition) is 2. The molecule has 0 amide bonds. The topological polar surface area (TPSA) is 32.3 Å². The number of rotatable bonds is 4. The van der Waals surface area contributed by atoms with Gasteiger partial charge < -0.3 is 10.4 Å². The molecule has 0 aliphatic heterocycles.